The largest absolute Gasteiger partial charge is 0.393 e. The van der Waals surface area contributed by atoms with Crippen LogP contribution in [0.1, 0.15) is 39.0 Å². The lowest BCUT2D eigenvalue weighted by molar-refractivity contribution is -0.157. The number of hydrogen-bond acceptors (Lipinski definition) is 2. The summed E-state index contributed by atoms with van der Waals surface area (Å²) in [5.74, 6) is 1.85. The van der Waals surface area contributed by atoms with E-state index in [1.165, 1.54) is 6.42 Å². The van der Waals surface area contributed by atoms with Crippen molar-refractivity contribution in [2.45, 2.75) is 45.1 Å². The van der Waals surface area contributed by atoms with E-state index in [0.29, 0.717) is 17.6 Å². The van der Waals surface area contributed by atoms with Crippen molar-refractivity contribution < 1.29 is 9.90 Å². The Morgan fingerprint density at radius 1 is 1.29 bits per heavy atom. The molecule has 4 fully saturated rings. The van der Waals surface area contributed by atoms with E-state index < -0.39 is 0 Å². The molecule has 0 aromatic heterocycles. The molecule has 2 nitrogen and oxygen atoms in total. The van der Waals surface area contributed by atoms with Crippen molar-refractivity contribution >= 4 is 5.78 Å². The summed E-state index contributed by atoms with van der Waals surface area (Å²) in [6.45, 7) is 1.91. The number of aliphatic hydroxyl groups excluding tert-OH is 1. The van der Waals surface area contributed by atoms with Crippen LogP contribution in [0.5, 0.6) is 0 Å². The molecule has 4 saturated carbocycles. The van der Waals surface area contributed by atoms with Crippen molar-refractivity contribution in [1.29, 1.82) is 0 Å². The number of ketones is 1. The lowest BCUT2D eigenvalue weighted by atomic mass is 9.48. The van der Waals surface area contributed by atoms with Crippen molar-refractivity contribution in [3.05, 3.63) is 0 Å². The highest BCUT2D eigenvalue weighted by molar-refractivity contribution is 5.85. The Kier molecular flexibility index (Phi) is 1.65. The van der Waals surface area contributed by atoms with Gasteiger partial charge in [0, 0.05) is 11.8 Å². The van der Waals surface area contributed by atoms with Crippen LogP contribution in [-0.4, -0.2) is 17.0 Å². The fourth-order valence-electron chi connectivity index (χ4n) is 4.32. The van der Waals surface area contributed by atoms with Crippen LogP contribution in [0.2, 0.25) is 0 Å². The van der Waals surface area contributed by atoms with Crippen LogP contribution in [0.3, 0.4) is 0 Å². The molecule has 0 amide bonds. The van der Waals surface area contributed by atoms with Crippen LogP contribution in [0.15, 0.2) is 0 Å². The molecule has 0 heterocycles. The molecule has 3 atom stereocenters. The first-order chi connectivity index (χ1) is 6.61. The van der Waals surface area contributed by atoms with Crippen LogP contribution in [0.4, 0.5) is 0 Å². The zero-order chi connectivity index (χ0) is 9.92. The quantitative estimate of drug-likeness (QED) is 0.690. The fourth-order valence-corrected chi connectivity index (χ4v) is 4.32. The summed E-state index contributed by atoms with van der Waals surface area (Å²) in [5, 5.41) is 9.89. The van der Waals surface area contributed by atoms with Gasteiger partial charge in [0.05, 0.1) is 6.10 Å². The zero-order valence-corrected chi connectivity index (χ0v) is 8.70. The molecule has 4 aliphatic rings. The summed E-state index contributed by atoms with van der Waals surface area (Å²) < 4.78 is 0. The highest BCUT2D eigenvalue weighted by Gasteiger charge is 2.56. The molecule has 4 bridgehead atoms. The maximum Gasteiger partial charge on any atom is 0.139 e. The summed E-state index contributed by atoms with van der Waals surface area (Å²) >= 11 is 0. The molecule has 0 spiro atoms. The molecule has 0 aromatic carbocycles. The van der Waals surface area contributed by atoms with Gasteiger partial charge in [-0.05, 0) is 50.4 Å². The lowest BCUT2D eigenvalue weighted by Crippen LogP contribution is -2.55. The number of rotatable bonds is 1. The number of aliphatic hydroxyl groups is 1. The maximum atomic E-state index is 11.9. The molecule has 2 heteroatoms. The van der Waals surface area contributed by atoms with E-state index in [4.69, 9.17) is 0 Å². The first-order valence-electron chi connectivity index (χ1n) is 5.82. The Morgan fingerprint density at radius 2 is 1.86 bits per heavy atom. The third-order valence-corrected chi connectivity index (χ3v) is 4.93. The van der Waals surface area contributed by atoms with Crippen molar-refractivity contribution in [3.63, 3.8) is 0 Å². The van der Waals surface area contributed by atoms with Gasteiger partial charge in [0.2, 0.25) is 0 Å². The van der Waals surface area contributed by atoms with E-state index >= 15 is 0 Å². The summed E-state index contributed by atoms with van der Waals surface area (Å²) in [5.41, 5.74) is 0.115. The first-order valence-corrected chi connectivity index (χ1v) is 5.82. The lowest BCUT2D eigenvalue weighted by Gasteiger charge is -2.56. The minimum atomic E-state index is -0.219. The molecular weight excluding hydrogens is 176 g/mol. The third-order valence-electron chi connectivity index (χ3n) is 4.93. The second-order valence-electron chi connectivity index (χ2n) is 5.78. The van der Waals surface area contributed by atoms with E-state index in [9.17, 15) is 9.90 Å². The highest BCUT2D eigenvalue weighted by Crippen LogP contribution is 2.59. The molecule has 0 aliphatic heterocycles. The number of carbonyl (C=O) groups excluding carboxylic acids is 1. The molecule has 0 saturated heterocycles. The standard InChI is InChI=1S/C12H18O2/c1-7(13)12-4-8-2-9(5-12)11(14)10(3-8)6-12/h7-10,13H,2-6H2,1H3. The summed E-state index contributed by atoms with van der Waals surface area (Å²) in [4.78, 5) is 11.9. The molecule has 0 radical (unpaired) electrons. The van der Waals surface area contributed by atoms with Gasteiger partial charge in [-0.2, -0.15) is 0 Å². The van der Waals surface area contributed by atoms with Gasteiger partial charge in [-0.3, -0.25) is 4.79 Å². The Labute approximate surface area is 84.7 Å². The summed E-state index contributed by atoms with van der Waals surface area (Å²) in [6, 6.07) is 0. The van der Waals surface area contributed by atoms with Crippen LogP contribution in [-0.2, 0) is 4.79 Å². The summed E-state index contributed by atoms with van der Waals surface area (Å²) in [7, 11) is 0. The predicted octanol–water partition coefficient (Wildman–Crippen LogP) is 1.76. The van der Waals surface area contributed by atoms with Gasteiger partial charge < -0.3 is 5.11 Å². The van der Waals surface area contributed by atoms with E-state index in [1.807, 2.05) is 6.92 Å². The minimum Gasteiger partial charge on any atom is -0.393 e. The molecular formula is C12H18O2. The topological polar surface area (TPSA) is 37.3 Å². The summed E-state index contributed by atoms with van der Waals surface area (Å²) in [6.07, 6.45) is 5.12. The van der Waals surface area contributed by atoms with E-state index in [0.717, 1.165) is 31.6 Å². The second-order valence-corrected chi connectivity index (χ2v) is 5.78. The smallest absolute Gasteiger partial charge is 0.139 e. The molecule has 14 heavy (non-hydrogen) atoms. The van der Waals surface area contributed by atoms with Crippen LogP contribution in [0.25, 0.3) is 0 Å². The van der Waals surface area contributed by atoms with Crippen molar-refractivity contribution in [2.24, 2.45) is 23.2 Å². The second kappa shape index (κ2) is 2.60. The maximum absolute atomic E-state index is 11.9. The number of Topliss-reactive ketones (excluding diaryl/α,β-unsaturated/α-hetero) is 1. The normalized spacial score (nSPS) is 52.4. The van der Waals surface area contributed by atoms with Gasteiger partial charge in [-0.15, -0.1) is 0 Å². The third kappa shape index (κ3) is 0.979. The molecule has 1 N–H and O–H groups in total. The van der Waals surface area contributed by atoms with Crippen molar-refractivity contribution in [3.8, 4) is 0 Å². The van der Waals surface area contributed by atoms with E-state index in [2.05, 4.69) is 0 Å². The highest BCUT2D eigenvalue weighted by atomic mass is 16.3. The van der Waals surface area contributed by atoms with Crippen LogP contribution >= 0.6 is 0 Å². The Balaban J connectivity index is 1.96. The van der Waals surface area contributed by atoms with Gasteiger partial charge in [0.25, 0.3) is 0 Å². The van der Waals surface area contributed by atoms with Crippen molar-refractivity contribution in [1.82, 2.24) is 0 Å². The minimum absolute atomic E-state index is 0.115. The van der Waals surface area contributed by atoms with Gasteiger partial charge in [-0.1, -0.05) is 0 Å². The molecule has 78 valence electrons. The predicted molar refractivity (Wildman–Crippen MR) is 52.7 cm³/mol. The van der Waals surface area contributed by atoms with Gasteiger partial charge in [-0.25, -0.2) is 0 Å². The van der Waals surface area contributed by atoms with Crippen molar-refractivity contribution in [2.75, 3.05) is 0 Å². The van der Waals surface area contributed by atoms with E-state index in [1.54, 1.807) is 0 Å². The Morgan fingerprint density at radius 3 is 2.36 bits per heavy atom. The van der Waals surface area contributed by atoms with E-state index in [-0.39, 0.29) is 11.5 Å². The van der Waals surface area contributed by atoms with Gasteiger partial charge in [0.15, 0.2) is 0 Å². The average Bonchev–Trinajstić information content (AvgIpc) is 2.12. The average molecular weight is 194 g/mol. The van der Waals surface area contributed by atoms with Crippen LogP contribution < -0.4 is 0 Å². The first kappa shape index (κ1) is 8.90. The molecule has 4 rings (SSSR count). The monoisotopic (exact) mass is 194 g/mol. The SMILES string of the molecule is CC(O)C12CC3CC(C1)C(=O)C(C3)C2. The number of carbonyl (C=O) groups is 1. The zero-order valence-electron chi connectivity index (χ0n) is 8.70. The van der Waals surface area contributed by atoms with Crippen LogP contribution in [0, 0.1) is 23.2 Å². The Bertz CT molecular complexity index is 264. The van der Waals surface area contributed by atoms with Gasteiger partial charge in [0.1, 0.15) is 5.78 Å². The Hall–Kier alpha value is -0.370. The molecule has 0 aromatic rings. The van der Waals surface area contributed by atoms with Gasteiger partial charge >= 0.3 is 0 Å². The fraction of sp³-hybridized carbons (Fsp3) is 0.917. The molecule has 3 unspecified atom stereocenters. The number of hydrogen-bond donors (Lipinski definition) is 1. The molecule has 4 aliphatic carbocycles.